The number of halogens is 6. The van der Waals surface area contributed by atoms with Crippen molar-refractivity contribution in [3.63, 3.8) is 0 Å². The van der Waals surface area contributed by atoms with Gasteiger partial charge in [-0.2, -0.15) is 13.2 Å². The third-order valence-electron chi connectivity index (χ3n) is 3.59. The Morgan fingerprint density at radius 1 is 1.26 bits per heavy atom. The SMILES string of the molecule is Cl.NCC(F)(F)CNC(=O)C1CC1c1cccc(C(F)(F)F)c1. The van der Waals surface area contributed by atoms with E-state index in [2.05, 4.69) is 5.32 Å². The van der Waals surface area contributed by atoms with Gasteiger partial charge >= 0.3 is 6.18 Å². The highest BCUT2D eigenvalue weighted by molar-refractivity contribution is 5.85. The summed E-state index contributed by atoms with van der Waals surface area (Å²) in [6.07, 6.45) is -4.10. The molecule has 2 unspecified atom stereocenters. The number of nitrogens with two attached hydrogens (primary N) is 1. The maximum absolute atomic E-state index is 12.9. The Balaban J connectivity index is 0.00000264. The van der Waals surface area contributed by atoms with E-state index >= 15 is 0 Å². The molecule has 0 spiro atoms. The molecule has 1 saturated carbocycles. The van der Waals surface area contributed by atoms with E-state index < -0.39 is 42.6 Å². The van der Waals surface area contributed by atoms with Gasteiger partial charge in [-0.15, -0.1) is 12.4 Å². The Morgan fingerprint density at radius 2 is 1.91 bits per heavy atom. The number of carbonyl (C=O) groups excluding carboxylic acids is 1. The van der Waals surface area contributed by atoms with E-state index in [0.717, 1.165) is 12.1 Å². The predicted molar refractivity (Wildman–Crippen MR) is 76.6 cm³/mol. The van der Waals surface area contributed by atoms with Crippen LogP contribution < -0.4 is 11.1 Å². The molecule has 0 heterocycles. The highest BCUT2D eigenvalue weighted by Gasteiger charge is 2.45. The van der Waals surface area contributed by atoms with Crippen LogP contribution >= 0.6 is 12.4 Å². The molecule has 0 aromatic heterocycles. The lowest BCUT2D eigenvalue weighted by Gasteiger charge is -2.14. The predicted octanol–water partition coefficient (Wildman–Crippen LogP) is 2.94. The fraction of sp³-hybridized carbons (Fsp3) is 0.500. The van der Waals surface area contributed by atoms with Crippen LogP contribution in [0.2, 0.25) is 0 Å². The zero-order chi connectivity index (χ0) is 16.5. The first kappa shape index (κ1) is 19.6. The van der Waals surface area contributed by atoms with Crippen molar-refractivity contribution in [1.82, 2.24) is 5.32 Å². The molecule has 0 aliphatic heterocycles. The molecule has 130 valence electrons. The van der Waals surface area contributed by atoms with Crippen LogP contribution in [0, 0.1) is 5.92 Å². The number of nitrogens with one attached hydrogen (secondary N) is 1. The Hall–Kier alpha value is -1.41. The van der Waals surface area contributed by atoms with Crippen LogP contribution in [0.1, 0.15) is 23.5 Å². The van der Waals surface area contributed by atoms with Gasteiger partial charge in [-0.25, -0.2) is 8.78 Å². The molecular weight excluding hydrogens is 343 g/mol. The van der Waals surface area contributed by atoms with Crippen molar-refractivity contribution in [1.29, 1.82) is 0 Å². The van der Waals surface area contributed by atoms with Crippen LogP contribution in [-0.2, 0) is 11.0 Å². The summed E-state index contributed by atoms with van der Waals surface area (Å²) in [5.41, 5.74) is 4.46. The quantitative estimate of drug-likeness (QED) is 0.795. The van der Waals surface area contributed by atoms with E-state index in [9.17, 15) is 26.7 Å². The second-order valence-electron chi connectivity index (χ2n) is 5.35. The second kappa shape index (κ2) is 7.00. The molecule has 0 bridgehead atoms. The molecular formula is C14H16ClF5N2O. The van der Waals surface area contributed by atoms with E-state index in [1.807, 2.05) is 0 Å². The van der Waals surface area contributed by atoms with Gasteiger partial charge in [-0.3, -0.25) is 4.79 Å². The minimum Gasteiger partial charge on any atom is -0.350 e. The van der Waals surface area contributed by atoms with Crippen LogP contribution in [-0.4, -0.2) is 24.9 Å². The Labute approximate surface area is 135 Å². The number of hydrogen-bond donors (Lipinski definition) is 2. The van der Waals surface area contributed by atoms with Gasteiger partial charge in [0.1, 0.15) is 0 Å². The second-order valence-corrected chi connectivity index (χ2v) is 5.35. The molecule has 1 aliphatic carbocycles. The monoisotopic (exact) mass is 358 g/mol. The van der Waals surface area contributed by atoms with Crippen molar-refractivity contribution in [2.45, 2.75) is 24.4 Å². The summed E-state index contributed by atoms with van der Waals surface area (Å²) in [6, 6.07) is 4.71. The molecule has 3 N–H and O–H groups in total. The average molecular weight is 359 g/mol. The van der Waals surface area contributed by atoms with E-state index in [1.165, 1.54) is 12.1 Å². The fourth-order valence-electron chi connectivity index (χ4n) is 2.22. The van der Waals surface area contributed by atoms with Crippen LogP contribution in [0.5, 0.6) is 0 Å². The smallest absolute Gasteiger partial charge is 0.350 e. The first-order valence-corrected chi connectivity index (χ1v) is 6.67. The largest absolute Gasteiger partial charge is 0.416 e. The first-order chi connectivity index (χ1) is 10.1. The van der Waals surface area contributed by atoms with Crippen molar-refractivity contribution in [3.8, 4) is 0 Å². The van der Waals surface area contributed by atoms with Crippen molar-refractivity contribution in [2.75, 3.05) is 13.1 Å². The molecule has 2 atom stereocenters. The van der Waals surface area contributed by atoms with Crippen LogP contribution in [0.3, 0.4) is 0 Å². The molecule has 1 aromatic rings. The number of hydrogen-bond acceptors (Lipinski definition) is 2. The summed E-state index contributed by atoms with van der Waals surface area (Å²) in [6.45, 7) is -1.75. The summed E-state index contributed by atoms with van der Waals surface area (Å²) < 4.78 is 63.7. The number of benzene rings is 1. The average Bonchev–Trinajstić information content (AvgIpc) is 3.25. The number of rotatable bonds is 5. The van der Waals surface area contributed by atoms with E-state index in [0.29, 0.717) is 12.0 Å². The summed E-state index contributed by atoms with van der Waals surface area (Å²) in [5.74, 6) is -4.71. The van der Waals surface area contributed by atoms with Crippen molar-refractivity contribution < 1.29 is 26.7 Å². The van der Waals surface area contributed by atoms with Gasteiger partial charge in [0, 0.05) is 5.92 Å². The summed E-state index contributed by atoms with van der Waals surface area (Å²) in [7, 11) is 0. The zero-order valence-electron chi connectivity index (χ0n) is 11.9. The molecule has 9 heteroatoms. The first-order valence-electron chi connectivity index (χ1n) is 6.67. The van der Waals surface area contributed by atoms with Crippen LogP contribution in [0.4, 0.5) is 22.0 Å². The zero-order valence-corrected chi connectivity index (χ0v) is 12.7. The number of amides is 1. The lowest BCUT2D eigenvalue weighted by atomic mass is 10.1. The third-order valence-corrected chi connectivity index (χ3v) is 3.59. The molecule has 1 amide bonds. The minimum atomic E-state index is -4.45. The molecule has 23 heavy (non-hydrogen) atoms. The highest BCUT2D eigenvalue weighted by Crippen LogP contribution is 2.48. The van der Waals surface area contributed by atoms with E-state index in [-0.39, 0.29) is 18.3 Å². The van der Waals surface area contributed by atoms with Crippen LogP contribution in [0.15, 0.2) is 24.3 Å². The third kappa shape index (κ3) is 5.04. The summed E-state index contributed by atoms with van der Waals surface area (Å²) in [5, 5.41) is 2.09. The van der Waals surface area contributed by atoms with Gasteiger partial charge in [0.2, 0.25) is 5.91 Å². The van der Waals surface area contributed by atoms with Gasteiger partial charge < -0.3 is 11.1 Å². The van der Waals surface area contributed by atoms with Crippen molar-refractivity contribution in [2.24, 2.45) is 11.7 Å². The van der Waals surface area contributed by atoms with Crippen molar-refractivity contribution >= 4 is 18.3 Å². The Bertz CT molecular complexity index is 564. The maximum atomic E-state index is 12.9. The topological polar surface area (TPSA) is 55.1 Å². The molecule has 0 radical (unpaired) electrons. The van der Waals surface area contributed by atoms with Crippen molar-refractivity contribution in [3.05, 3.63) is 35.4 Å². The molecule has 1 aromatic carbocycles. The molecule has 0 saturated heterocycles. The normalized spacial score (nSPS) is 20.6. The number of carbonyl (C=O) groups is 1. The molecule has 3 nitrogen and oxygen atoms in total. The van der Waals surface area contributed by atoms with Gasteiger partial charge in [0.15, 0.2) is 0 Å². The lowest BCUT2D eigenvalue weighted by Crippen LogP contribution is -2.42. The standard InChI is InChI=1S/C14H15F5N2O.ClH/c15-13(16,6-20)7-21-12(22)11-5-10(11)8-2-1-3-9(4-8)14(17,18)19;/h1-4,10-11H,5-7,20H2,(H,21,22);1H. The van der Waals surface area contributed by atoms with E-state index in [4.69, 9.17) is 5.73 Å². The Kier molecular flexibility index (Phi) is 5.98. The van der Waals surface area contributed by atoms with E-state index in [1.54, 1.807) is 0 Å². The van der Waals surface area contributed by atoms with Gasteiger partial charge in [0.05, 0.1) is 18.7 Å². The molecule has 1 aliphatic rings. The van der Waals surface area contributed by atoms with Gasteiger partial charge in [-0.1, -0.05) is 18.2 Å². The number of alkyl halides is 5. The summed E-state index contributed by atoms with van der Waals surface area (Å²) >= 11 is 0. The lowest BCUT2D eigenvalue weighted by molar-refractivity contribution is -0.137. The Morgan fingerprint density at radius 3 is 2.48 bits per heavy atom. The van der Waals surface area contributed by atoms with Gasteiger partial charge in [0.25, 0.3) is 5.92 Å². The summed E-state index contributed by atoms with van der Waals surface area (Å²) in [4.78, 5) is 11.7. The minimum absolute atomic E-state index is 0. The molecule has 1 fully saturated rings. The fourth-order valence-corrected chi connectivity index (χ4v) is 2.22. The maximum Gasteiger partial charge on any atom is 0.416 e. The highest BCUT2D eigenvalue weighted by atomic mass is 35.5. The van der Waals surface area contributed by atoms with Crippen LogP contribution in [0.25, 0.3) is 0 Å². The molecule has 2 rings (SSSR count). The van der Waals surface area contributed by atoms with Gasteiger partial charge in [-0.05, 0) is 24.0 Å².